The number of esters is 1. The zero-order chi connectivity index (χ0) is 15.6. The summed E-state index contributed by atoms with van der Waals surface area (Å²) in [6.45, 7) is 6.23. The number of hydrogen-bond acceptors (Lipinski definition) is 4. The Labute approximate surface area is 124 Å². The highest BCUT2D eigenvalue weighted by Gasteiger charge is 2.22. The number of aryl methyl sites for hydroxylation is 1. The highest BCUT2D eigenvalue weighted by Crippen LogP contribution is 2.28. The van der Waals surface area contributed by atoms with Gasteiger partial charge in [0.25, 0.3) is 0 Å². The van der Waals surface area contributed by atoms with Gasteiger partial charge in [-0.15, -0.1) is 0 Å². The van der Waals surface area contributed by atoms with E-state index in [2.05, 4.69) is 24.9 Å². The van der Waals surface area contributed by atoms with E-state index in [0.29, 0.717) is 18.2 Å². The maximum atomic E-state index is 11.8. The fourth-order valence-corrected chi connectivity index (χ4v) is 2.41. The van der Waals surface area contributed by atoms with E-state index in [1.807, 2.05) is 29.7 Å². The van der Waals surface area contributed by atoms with Crippen molar-refractivity contribution in [1.82, 2.24) is 9.55 Å². The fourth-order valence-electron chi connectivity index (χ4n) is 2.41. The Morgan fingerprint density at radius 1 is 1.38 bits per heavy atom. The smallest absolute Gasteiger partial charge is 0.360 e. The highest BCUT2D eigenvalue weighted by molar-refractivity contribution is 5.92. The van der Waals surface area contributed by atoms with E-state index in [0.717, 1.165) is 17.1 Å². The maximum absolute atomic E-state index is 11.8. The summed E-state index contributed by atoms with van der Waals surface area (Å²) in [5.74, 6) is 0.907. The van der Waals surface area contributed by atoms with E-state index in [-0.39, 0.29) is 5.69 Å². The summed E-state index contributed by atoms with van der Waals surface area (Å²) < 4.78 is 6.60. The lowest BCUT2D eigenvalue weighted by molar-refractivity contribution is 0.0596. The summed E-state index contributed by atoms with van der Waals surface area (Å²) in [5.41, 5.74) is 8.45. The molecular weight excluding hydrogens is 266 g/mol. The topological polar surface area (TPSA) is 70.1 Å². The van der Waals surface area contributed by atoms with Crippen molar-refractivity contribution in [3.63, 3.8) is 0 Å². The molecule has 0 aliphatic heterocycles. The molecule has 5 nitrogen and oxygen atoms in total. The Balaban J connectivity index is 2.69. The van der Waals surface area contributed by atoms with Gasteiger partial charge in [-0.25, -0.2) is 9.78 Å². The van der Waals surface area contributed by atoms with Crippen LogP contribution < -0.4 is 5.73 Å². The molecule has 2 N–H and O–H groups in total. The molecule has 0 saturated heterocycles. The molecule has 2 aromatic rings. The monoisotopic (exact) mass is 287 g/mol. The molecule has 21 heavy (non-hydrogen) atoms. The average Bonchev–Trinajstić information content (AvgIpc) is 2.83. The molecule has 1 aromatic carbocycles. The highest BCUT2D eigenvalue weighted by atomic mass is 16.5. The summed E-state index contributed by atoms with van der Waals surface area (Å²) in [6.07, 6.45) is 0.674. The van der Waals surface area contributed by atoms with Crippen molar-refractivity contribution >= 4 is 11.8 Å². The number of carbonyl (C=O) groups is 1. The predicted molar refractivity (Wildman–Crippen MR) is 82.8 cm³/mol. The second-order valence-corrected chi connectivity index (χ2v) is 5.16. The van der Waals surface area contributed by atoms with Gasteiger partial charge in [0.2, 0.25) is 0 Å². The van der Waals surface area contributed by atoms with Gasteiger partial charge in [-0.2, -0.15) is 0 Å². The van der Waals surface area contributed by atoms with Crippen molar-refractivity contribution < 1.29 is 9.53 Å². The summed E-state index contributed by atoms with van der Waals surface area (Å²) in [6, 6.07) is 8.01. The third-order valence-corrected chi connectivity index (χ3v) is 3.48. The fraction of sp³-hybridized carbons (Fsp3) is 0.375. The van der Waals surface area contributed by atoms with Crippen LogP contribution in [0.15, 0.2) is 24.3 Å². The van der Waals surface area contributed by atoms with Crippen molar-refractivity contribution in [2.24, 2.45) is 0 Å². The Hall–Kier alpha value is -2.30. The predicted octanol–water partition coefficient (Wildman–Crippen LogP) is 2.93. The van der Waals surface area contributed by atoms with E-state index < -0.39 is 5.97 Å². The van der Waals surface area contributed by atoms with Gasteiger partial charge in [0.05, 0.1) is 12.8 Å². The van der Waals surface area contributed by atoms with Crippen molar-refractivity contribution in [2.75, 3.05) is 12.8 Å². The van der Waals surface area contributed by atoms with Crippen LogP contribution in [0.1, 0.15) is 48.6 Å². The summed E-state index contributed by atoms with van der Waals surface area (Å²) in [5, 5.41) is 0. The molecule has 0 aliphatic rings. The number of rotatable bonds is 4. The van der Waals surface area contributed by atoms with E-state index in [9.17, 15) is 4.79 Å². The quantitative estimate of drug-likeness (QED) is 0.878. The van der Waals surface area contributed by atoms with Crippen molar-refractivity contribution in [3.8, 4) is 5.69 Å². The molecule has 0 amide bonds. The Morgan fingerprint density at radius 2 is 2.05 bits per heavy atom. The van der Waals surface area contributed by atoms with Crippen LogP contribution in [0, 0.1) is 0 Å². The van der Waals surface area contributed by atoms with Crippen LogP contribution >= 0.6 is 0 Å². The lowest BCUT2D eigenvalue weighted by atomic mass is 10.0. The van der Waals surface area contributed by atoms with Gasteiger partial charge >= 0.3 is 5.97 Å². The largest absolute Gasteiger partial charge is 0.464 e. The van der Waals surface area contributed by atoms with E-state index in [1.165, 1.54) is 7.11 Å². The van der Waals surface area contributed by atoms with Crippen LogP contribution in [-0.4, -0.2) is 22.6 Å². The van der Waals surface area contributed by atoms with Crippen LogP contribution in [0.3, 0.4) is 0 Å². The van der Waals surface area contributed by atoms with Crippen molar-refractivity contribution in [3.05, 3.63) is 41.3 Å². The molecule has 1 aromatic heterocycles. The molecule has 0 saturated carbocycles. The van der Waals surface area contributed by atoms with Crippen LogP contribution in [0.5, 0.6) is 0 Å². The third-order valence-electron chi connectivity index (χ3n) is 3.48. The normalized spacial score (nSPS) is 10.9. The molecule has 0 atom stereocenters. The van der Waals surface area contributed by atoms with Gasteiger partial charge in [-0.3, -0.25) is 4.57 Å². The van der Waals surface area contributed by atoms with E-state index in [1.54, 1.807) is 0 Å². The standard InChI is InChI=1S/C16H21N3O2/c1-5-13-18-14(16(20)21-4)15(17)19(13)12-9-7-6-8-11(12)10(2)3/h6-10H,5,17H2,1-4H3. The third kappa shape index (κ3) is 2.63. The van der Waals surface area contributed by atoms with Crippen LogP contribution in [0.4, 0.5) is 5.82 Å². The summed E-state index contributed by atoms with van der Waals surface area (Å²) in [4.78, 5) is 16.1. The van der Waals surface area contributed by atoms with Crippen LogP contribution in [0.25, 0.3) is 5.69 Å². The minimum absolute atomic E-state index is 0.174. The lowest BCUT2D eigenvalue weighted by Crippen LogP contribution is -2.10. The zero-order valence-electron chi connectivity index (χ0n) is 12.9. The second-order valence-electron chi connectivity index (χ2n) is 5.16. The number of nitrogens with two attached hydrogens (primary N) is 1. The number of nitrogens with zero attached hydrogens (tertiary/aromatic N) is 2. The van der Waals surface area contributed by atoms with Gasteiger partial charge in [0.1, 0.15) is 11.6 Å². The molecule has 2 rings (SSSR count). The Morgan fingerprint density at radius 3 is 2.62 bits per heavy atom. The number of para-hydroxylation sites is 1. The summed E-state index contributed by atoms with van der Waals surface area (Å²) >= 11 is 0. The van der Waals surface area contributed by atoms with Gasteiger partial charge in [0, 0.05) is 6.42 Å². The van der Waals surface area contributed by atoms with Gasteiger partial charge in [-0.1, -0.05) is 39.0 Å². The number of imidazole rings is 1. The number of methoxy groups -OCH3 is 1. The number of benzene rings is 1. The molecule has 112 valence electrons. The first kappa shape index (κ1) is 15.1. The van der Waals surface area contributed by atoms with Crippen molar-refractivity contribution in [1.29, 1.82) is 0 Å². The maximum Gasteiger partial charge on any atom is 0.360 e. The number of aromatic nitrogens is 2. The molecule has 0 aliphatic carbocycles. The Kier molecular flexibility index (Phi) is 4.31. The second kappa shape index (κ2) is 5.99. The molecule has 0 radical (unpaired) electrons. The average molecular weight is 287 g/mol. The molecule has 0 unspecified atom stereocenters. The number of nitrogen functional groups attached to an aromatic ring is 1. The molecular formula is C16H21N3O2. The summed E-state index contributed by atoms with van der Waals surface area (Å²) in [7, 11) is 1.33. The molecule has 0 spiro atoms. The number of hydrogen-bond donors (Lipinski definition) is 1. The van der Waals surface area contributed by atoms with Crippen LogP contribution in [-0.2, 0) is 11.2 Å². The van der Waals surface area contributed by atoms with Gasteiger partial charge in [-0.05, 0) is 17.5 Å². The zero-order valence-corrected chi connectivity index (χ0v) is 12.9. The van der Waals surface area contributed by atoms with Gasteiger partial charge in [0.15, 0.2) is 5.69 Å². The SMILES string of the molecule is CCc1nc(C(=O)OC)c(N)n1-c1ccccc1C(C)C. The minimum Gasteiger partial charge on any atom is -0.464 e. The first-order chi connectivity index (χ1) is 10.0. The van der Waals surface area contributed by atoms with E-state index in [4.69, 9.17) is 10.5 Å². The molecule has 1 heterocycles. The number of anilines is 1. The van der Waals surface area contributed by atoms with Crippen LogP contribution in [0.2, 0.25) is 0 Å². The number of carbonyl (C=O) groups excluding carboxylic acids is 1. The van der Waals surface area contributed by atoms with E-state index >= 15 is 0 Å². The minimum atomic E-state index is -0.511. The van der Waals surface area contributed by atoms with Crippen molar-refractivity contribution in [2.45, 2.75) is 33.1 Å². The first-order valence-corrected chi connectivity index (χ1v) is 7.05. The van der Waals surface area contributed by atoms with Gasteiger partial charge < -0.3 is 10.5 Å². The number of ether oxygens (including phenoxy) is 1. The lowest BCUT2D eigenvalue weighted by Gasteiger charge is -2.16. The Bertz CT molecular complexity index is 660. The molecule has 5 heteroatoms. The molecule has 0 bridgehead atoms. The first-order valence-electron chi connectivity index (χ1n) is 7.05. The molecule has 0 fully saturated rings.